The van der Waals surface area contributed by atoms with Gasteiger partial charge in [0.25, 0.3) is 0 Å². The zero-order valence-corrected chi connectivity index (χ0v) is 7.92. The number of aromatic amines is 1. The average molecular weight is 193 g/mol. The van der Waals surface area contributed by atoms with Gasteiger partial charge in [0.15, 0.2) is 0 Å². The lowest BCUT2D eigenvalue weighted by molar-refractivity contribution is 0.636. The van der Waals surface area contributed by atoms with Gasteiger partial charge in [0.1, 0.15) is 5.82 Å². The highest BCUT2D eigenvalue weighted by molar-refractivity contribution is 5.81. The van der Waals surface area contributed by atoms with Gasteiger partial charge in [-0.3, -0.25) is 5.10 Å². The fraction of sp³-hybridized carbons (Fsp3) is 0.300. The molecule has 0 radical (unpaired) electrons. The smallest absolute Gasteiger partial charge is 0.134 e. The van der Waals surface area contributed by atoms with E-state index in [1.807, 2.05) is 6.92 Å². The van der Waals surface area contributed by atoms with Crippen LogP contribution in [-0.4, -0.2) is 16.2 Å². The molecule has 0 spiro atoms. The molecule has 1 aromatic carbocycles. The molecule has 1 unspecified atom stereocenters. The predicted octanol–water partition coefficient (Wildman–Crippen LogP) is 1.59. The Balaban J connectivity index is 2.55. The van der Waals surface area contributed by atoms with Gasteiger partial charge in [-0.25, -0.2) is 4.39 Å². The van der Waals surface area contributed by atoms with Crippen LogP contribution in [-0.2, 0) is 6.42 Å². The van der Waals surface area contributed by atoms with E-state index in [0.717, 1.165) is 5.69 Å². The van der Waals surface area contributed by atoms with Crippen LogP contribution >= 0.6 is 0 Å². The standard InChI is InChI=1S/C10H12FN3/c1-6(12)5-9-10-7(11)3-2-4-8(10)13-14-9/h2-4,6H,5,12H2,1H3,(H,13,14). The van der Waals surface area contributed by atoms with Crippen molar-refractivity contribution in [3.05, 3.63) is 29.7 Å². The van der Waals surface area contributed by atoms with Crippen LogP contribution in [0.1, 0.15) is 12.6 Å². The highest BCUT2D eigenvalue weighted by atomic mass is 19.1. The molecule has 3 N–H and O–H groups in total. The third-order valence-electron chi connectivity index (χ3n) is 2.13. The van der Waals surface area contributed by atoms with Gasteiger partial charge < -0.3 is 5.73 Å². The monoisotopic (exact) mass is 193 g/mol. The van der Waals surface area contributed by atoms with Gasteiger partial charge >= 0.3 is 0 Å². The van der Waals surface area contributed by atoms with E-state index in [9.17, 15) is 4.39 Å². The van der Waals surface area contributed by atoms with Crippen LogP contribution in [0.2, 0.25) is 0 Å². The number of nitrogens with two attached hydrogens (primary N) is 1. The van der Waals surface area contributed by atoms with E-state index < -0.39 is 0 Å². The number of halogens is 1. The minimum absolute atomic E-state index is 0.00161. The van der Waals surface area contributed by atoms with Crippen LogP contribution in [0.15, 0.2) is 18.2 Å². The second-order valence-corrected chi connectivity index (χ2v) is 3.52. The van der Waals surface area contributed by atoms with Crippen molar-refractivity contribution in [2.75, 3.05) is 0 Å². The lowest BCUT2D eigenvalue weighted by Crippen LogP contribution is -2.18. The summed E-state index contributed by atoms with van der Waals surface area (Å²) in [5.41, 5.74) is 7.08. The van der Waals surface area contributed by atoms with Gasteiger partial charge in [0, 0.05) is 18.2 Å². The third-order valence-corrected chi connectivity index (χ3v) is 2.13. The zero-order valence-electron chi connectivity index (χ0n) is 7.92. The molecule has 74 valence electrons. The molecule has 0 saturated carbocycles. The van der Waals surface area contributed by atoms with E-state index in [4.69, 9.17) is 5.73 Å². The summed E-state index contributed by atoms with van der Waals surface area (Å²) in [5, 5.41) is 7.39. The fourth-order valence-electron chi connectivity index (χ4n) is 1.56. The van der Waals surface area contributed by atoms with Crippen LogP contribution < -0.4 is 5.73 Å². The first-order chi connectivity index (χ1) is 6.68. The second-order valence-electron chi connectivity index (χ2n) is 3.52. The van der Waals surface area contributed by atoms with Crippen molar-refractivity contribution in [1.29, 1.82) is 0 Å². The topological polar surface area (TPSA) is 54.7 Å². The van der Waals surface area contributed by atoms with Crippen molar-refractivity contribution in [1.82, 2.24) is 10.2 Å². The summed E-state index contributed by atoms with van der Waals surface area (Å²) in [5.74, 6) is -0.244. The molecule has 0 aliphatic carbocycles. The SMILES string of the molecule is CC(N)Cc1[nH]nc2cccc(F)c12. The molecule has 0 aliphatic rings. The number of aromatic nitrogens is 2. The molecule has 0 saturated heterocycles. The van der Waals surface area contributed by atoms with Gasteiger partial charge in [-0.2, -0.15) is 5.10 Å². The summed E-state index contributed by atoms with van der Waals surface area (Å²) in [6, 6.07) is 4.86. The van der Waals surface area contributed by atoms with Crippen molar-refractivity contribution in [2.45, 2.75) is 19.4 Å². The number of hydrogen-bond acceptors (Lipinski definition) is 2. The predicted molar refractivity (Wildman–Crippen MR) is 53.4 cm³/mol. The Kier molecular flexibility index (Phi) is 2.21. The highest BCUT2D eigenvalue weighted by Gasteiger charge is 2.10. The second kappa shape index (κ2) is 3.38. The fourth-order valence-corrected chi connectivity index (χ4v) is 1.56. The van der Waals surface area contributed by atoms with E-state index in [-0.39, 0.29) is 11.9 Å². The molecule has 0 aliphatic heterocycles. The van der Waals surface area contributed by atoms with Crippen LogP contribution in [0.25, 0.3) is 10.9 Å². The molecule has 1 heterocycles. The van der Waals surface area contributed by atoms with E-state index in [0.29, 0.717) is 17.3 Å². The van der Waals surface area contributed by atoms with Gasteiger partial charge in [-0.1, -0.05) is 6.07 Å². The van der Waals surface area contributed by atoms with E-state index in [2.05, 4.69) is 10.2 Å². The Hall–Kier alpha value is -1.42. The maximum atomic E-state index is 13.4. The molecule has 1 atom stereocenters. The highest BCUT2D eigenvalue weighted by Crippen LogP contribution is 2.19. The average Bonchev–Trinajstić information content (AvgIpc) is 2.49. The number of nitrogens with zero attached hydrogens (tertiary/aromatic N) is 1. The Labute approximate surface area is 81.1 Å². The molecule has 4 heteroatoms. The van der Waals surface area contributed by atoms with Crippen molar-refractivity contribution in [3.8, 4) is 0 Å². The van der Waals surface area contributed by atoms with Crippen molar-refractivity contribution in [2.24, 2.45) is 5.73 Å². The van der Waals surface area contributed by atoms with Gasteiger partial charge in [-0.15, -0.1) is 0 Å². The molecule has 2 aromatic rings. The van der Waals surface area contributed by atoms with E-state index >= 15 is 0 Å². The summed E-state index contributed by atoms with van der Waals surface area (Å²) >= 11 is 0. The molecule has 0 bridgehead atoms. The molecular formula is C10H12FN3. The van der Waals surface area contributed by atoms with Gasteiger partial charge in [-0.05, 0) is 19.1 Å². The maximum absolute atomic E-state index is 13.4. The first-order valence-corrected chi connectivity index (χ1v) is 4.55. The van der Waals surface area contributed by atoms with Gasteiger partial charge in [0.05, 0.1) is 10.9 Å². The minimum Gasteiger partial charge on any atom is -0.328 e. The molecule has 3 nitrogen and oxygen atoms in total. The number of benzene rings is 1. The minimum atomic E-state index is -0.244. The quantitative estimate of drug-likeness (QED) is 0.761. The number of nitrogens with one attached hydrogen (secondary N) is 1. The Morgan fingerprint density at radius 1 is 1.57 bits per heavy atom. The molecule has 14 heavy (non-hydrogen) atoms. The molecular weight excluding hydrogens is 181 g/mol. The van der Waals surface area contributed by atoms with Crippen molar-refractivity contribution < 1.29 is 4.39 Å². The number of rotatable bonds is 2. The Morgan fingerprint density at radius 2 is 2.36 bits per heavy atom. The maximum Gasteiger partial charge on any atom is 0.134 e. The Bertz CT molecular complexity index is 448. The lowest BCUT2D eigenvalue weighted by Gasteiger charge is -2.02. The molecule has 0 fully saturated rings. The van der Waals surface area contributed by atoms with Crippen LogP contribution in [0.4, 0.5) is 4.39 Å². The summed E-state index contributed by atoms with van der Waals surface area (Å²) in [7, 11) is 0. The molecule has 2 rings (SSSR count). The van der Waals surface area contributed by atoms with Gasteiger partial charge in [0.2, 0.25) is 0 Å². The Morgan fingerprint density at radius 3 is 3.07 bits per heavy atom. The number of H-pyrrole nitrogens is 1. The molecule has 0 amide bonds. The zero-order chi connectivity index (χ0) is 10.1. The van der Waals surface area contributed by atoms with Crippen LogP contribution in [0, 0.1) is 5.82 Å². The largest absolute Gasteiger partial charge is 0.328 e. The van der Waals surface area contributed by atoms with Crippen LogP contribution in [0.5, 0.6) is 0 Å². The van der Waals surface area contributed by atoms with E-state index in [1.54, 1.807) is 12.1 Å². The van der Waals surface area contributed by atoms with Crippen LogP contribution in [0.3, 0.4) is 0 Å². The molecule has 1 aromatic heterocycles. The first kappa shape index (κ1) is 9.15. The normalized spacial score (nSPS) is 13.4. The first-order valence-electron chi connectivity index (χ1n) is 4.55. The lowest BCUT2D eigenvalue weighted by atomic mass is 10.1. The van der Waals surface area contributed by atoms with Crippen molar-refractivity contribution >= 4 is 10.9 Å². The third kappa shape index (κ3) is 1.48. The van der Waals surface area contributed by atoms with Crippen molar-refractivity contribution in [3.63, 3.8) is 0 Å². The summed E-state index contributed by atoms with van der Waals surface area (Å²) in [6.45, 7) is 1.88. The summed E-state index contributed by atoms with van der Waals surface area (Å²) in [6.07, 6.45) is 0.609. The number of hydrogen-bond donors (Lipinski definition) is 2. The summed E-state index contributed by atoms with van der Waals surface area (Å²) in [4.78, 5) is 0. The number of fused-ring (bicyclic) bond motifs is 1. The van der Waals surface area contributed by atoms with E-state index in [1.165, 1.54) is 6.07 Å². The summed E-state index contributed by atoms with van der Waals surface area (Å²) < 4.78 is 13.4.